The van der Waals surface area contributed by atoms with Crippen LogP contribution in [0.25, 0.3) is 0 Å². The molecule has 2 aromatic rings. The lowest BCUT2D eigenvalue weighted by molar-refractivity contribution is -0.137. The Hall–Kier alpha value is -2.50. The molecule has 1 aliphatic heterocycles. The minimum absolute atomic E-state index is 0.105. The number of carboxylic acid groups (broad SMARTS) is 1. The van der Waals surface area contributed by atoms with Gasteiger partial charge in [0.2, 0.25) is 10.0 Å². The number of sulfonamides is 1. The summed E-state index contributed by atoms with van der Waals surface area (Å²) in [6.45, 7) is -0.300. The smallest absolute Gasteiger partial charge is 0.323 e. The maximum Gasteiger partial charge on any atom is 0.323 e. The first kappa shape index (κ1) is 20.2. The quantitative estimate of drug-likeness (QED) is 0.668. The second-order valence-corrected chi connectivity index (χ2v) is 8.78. The van der Waals surface area contributed by atoms with Crippen molar-refractivity contribution in [1.82, 2.24) is 18.8 Å². The van der Waals surface area contributed by atoms with Crippen molar-refractivity contribution in [2.24, 2.45) is 0 Å². The van der Waals surface area contributed by atoms with E-state index in [9.17, 15) is 18.0 Å². The van der Waals surface area contributed by atoms with Crippen LogP contribution in [-0.4, -0.2) is 63.7 Å². The van der Waals surface area contributed by atoms with Gasteiger partial charge in [0.25, 0.3) is 5.56 Å². The fraction of sp³-hybridized carbons (Fsp3) is 0.375. The Balaban J connectivity index is 1.95. The lowest BCUT2D eigenvalue weighted by atomic mass is 9.99. The van der Waals surface area contributed by atoms with E-state index in [1.54, 1.807) is 24.4 Å². The largest absolute Gasteiger partial charge is 0.480 e. The van der Waals surface area contributed by atoms with Crippen molar-refractivity contribution in [3.63, 3.8) is 0 Å². The number of rotatable bonds is 6. The van der Waals surface area contributed by atoms with Gasteiger partial charge >= 0.3 is 5.97 Å². The van der Waals surface area contributed by atoms with Gasteiger partial charge in [0, 0.05) is 30.9 Å². The van der Waals surface area contributed by atoms with E-state index in [4.69, 9.17) is 16.7 Å². The highest BCUT2D eigenvalue weighted by Gasteiger charge is 2.39. The van der Waals surface area contributed by atoms with Crippen LogP contribution in [0.4, 0.5) is 5.82 Å². The molecule has 0 aromatic carbocycles. The fourth-order valence-electron chi connectivity index (χ4n) is 3.10. The van der Waals surface area contributed by atoms with Crippen molar-refractivity contribution in [2.45, 2.75) is 18.5 Å². The van der Waals surface area contributed by atoms with Gasteiger partial charge in [-0.05, 0) is 12.1 Å². The first-order valence-corrected chi connectivity index (χ1v) is 10.5. The van der Waals surface area contributed by atoms with Crippen molar-refractivity contribution >= 4 is 33.4 Å². The summed E-state index contributed by atoms with van der Waals surface area (Å²) in [7, 11) is -3.45. The summed E-state index contributed by atoms with van der Waals surface area (Å²) in [5.74, 6) is -1.65. The molecule has 2 N–H and O–H groups in total. The van der Waals surface area contributed by atoms with Gasteiger partial charge in [-0.25, -0.2) is 13.4 Å². The van der Waals surface area contributed by atoms with Crippen LogP contribution in [0.1, 0.15) is 11.6 Å². The van der Waals surface area contributed by atoms with Gasteiger partial charge in [0.05, 0.1) is 18.5 Å². The van der Waals surface area contributed by atoms with E-state index in [-0.39, 0.29) is 30.0 Å². The Labute approximate surface area is 165 Å². The van der Waals surface area contributed by atoms with Crippen molar-refractivity contribution < 1.29 is 18.3 Å². The summed E-state index contributed by atoms with van der Waals surface area (Å²) in [5.41, 5.74) is -0.0292. The molecule has 0 spiro atoms. The van der Waals surface area contributed by atoms with E-state index in [0.29, 0.717) is 5.69 Å². The molecule has 150 valence electrons. The average Bonchev–Trinajstić information content (AvgIpc) is 3.06. The number of hydrogen-bond acceptors (Lipinski definition) is 7. The molecule has 0 unspecified atom stereocenters. The third-order valence-corrected chi connectivity index (χ3v) is 5.98. The van der Waals surface area contributed by atoms with E-state index < -0.39 is 34.1 Å². The second kappa shape index (κ2) is 7.86. The molecular formula is C16H18ClN5O5S. The molecule has 3 heterocycles. The number of aromatic nitrogens is 3. The minimum atomic E-state index is -3.45. The summed E-state index contributed by atoms with van der Waals surface area (Å²) in [4.78, 5) is 31.8. The Bertz CT molecular complexity index is 1040. The van der Waals surface area contributed by atoms with Gasteiger partial charge < -0.3 is 10.4 Å². The van der Waals surface area contributed by atoms with Crippen molar-refractivity contribution in [2.75, 3.05) is 24.7 Å². The third kappa shape index (κ3) is 4.32. The van der Waals surface area contributed by atoms with E-state index in [1.807, 2.05) is 0 Å². The number of carboxylic acids is 1. The SMILES string of the molecule is CS(=O)(=O)N1C[C@H](Nc2ncc(Cl)n(CC(=O)O)c2=O)[C@@H](c2ccccn2)C1. The van der Waals surface area contributed by atoms with Crippen LogP contribution < -0.4 is 10.9 Å². The molecule has 0 bridgehead atoms. The molecule has 3 rings (SSSR count). The molecule has 2 aromatic heterocycles. The summed E-state index contributed by atoms with van der Waals surface area (Å²) in [6.07, 6.45) is 3.90. The van der Waals surface area contributed by atoms with Gasteiger partial charge in [0.15, 0.2) is 5.82 Å². The molecule has 10 nitrogen and oxygen atoms in total. The monoisotopic (exact) mass is 427 g/mol. The van der Waals surface area contributed by atoms with E-state index in [2.05, 4.69) is 15.3 Å². The topological polar surface area (TPSA) is 134 Å². The molecule has 0 saturated carbocycles. The predicted octanol–water partition coefficient (Wildman–Crippen LogP) is 0.216. The molecule has 0 radical (unpaired) electrons. The highest BCUT2D eigenvalue weighted by atomic mass is 35.5. The third-order valence-electron chi connectivity index (χ3n) is 4.44. The molecule has 0 amide bonds. The molecule has 12 heteroatoms. The average molecular weight is 428 g/mol. The number of pyridine rings is 1. The van der Waals surface area contributed by atoms with Crippen molar-refractivity contribution in [3.05, 3.63) is 51.8 Å². The number of carbonyl (C=O) groups is 1. The van der Waals surface area contributed by atoms with Crippen LogP contribution in [0.15, 0.2) is 35.4 Å². The van der Waals surface area contributed by atoms with Crippen LogP contribution in [0, 0.1) is 0 Å². The lowest BCUT2D eigenvalue weighted by Gasteiger charge is -2.20. The maximum absolute atomic E-state index is 12.6. The number of hydrogen-bond donors (Lipinski definition) is 2. The van der Waals surface area contributed by atoms with Crippen molar-refractivity contribution in [3.8, 4) is 0 Å². The number of nitrogens with one attached hydrogen (secondary N) is 1. The number of aliphatic carboxylic acids is 1. The van der Waals surface area contributed by atoms with E-state index in [0.717, 1.165) is 10.8 Å². The Kier molecular flexibility index (Phi) is 5.68. The standard InChI is InChI=1S/C16H18ClN5O5S/c1-28(26,27)21-7-10(11-4-2-3-5-18-11)12(8-21)20-15-16(25)22(9-14(23)24)13(17)6-19-15/h2-6,10,12H,7-9H2,1H3,(H,19,20)(H,23,24)/t10-,12+/m1/s1. The summed E-state index contributed by atoms with van der Waals surface area (Å²) in [5, 5.41) is 11.8. The predicted molar refractivity (Wildman–Crippen MR) is 102 cm³/mol. The zero-order valence-electron chi connectivity index (χ0n) is 14.8. The molecule has 1 fully saturated rings. The molecule has 2 atom stereocenters. The van der Waals surface area contributed by atoms with E-state index in [1.165, 1.54) is 10.5 Å². The summed E-state index contributed by atoms with van der Waals surface area (Å²) in [6, 6.07) is 4.84. The van der Waals surface area contributed by atoms with Crippen LogP contribution in [-0.2, 0) is 21.4 Å². The molecule has 0 aliphatic carbocycles. The van der Waals surface area contributed by atoms with Crippen LogP contribution >= 0.6 is 11.6 Å². The van der Waals surface area contributed by atoms with E-state index >= 15 is 0 Å². The van der Waals surface area contributed by atoms with Gasteiger partial charge in [-0.3, -0.25) is 19.1 Å². The zero-order chi connectivity index (χ0) is 20.5. The fourth-order valence-corrected chi connectivity index (χ4v) is 4.15. The highest BCUT2D eigenvalue weighted by molar-refractivity contribution is 7.88. The molecule has 1 saturated heterocycles. The lowest BCUT2D eigenvalue weighted by Crippen LogP contribution is -2.35. The number of anilines is 1. The van der Waals surface area contributed by atoms with Gasteiger partial charge in [-0.15, -0.1) is 0 Å². The van der Waals surface area contributed by atoms with Gasteiger partial charge in [0.1, 0.15) is 11.7 Å². The second-order valence-electron chi connectivity index (χ2n) is 6.41. The van der Waals surface area contributed by atoms with Crippen LogP contribution in [0.3, 0.4) is 0 Å². The Morgan fingerprint density at radius 2 is 2.11 bits per heavy atom. The highest BCUT2D eigenvalue weighted by Crippen LogP contribution is 2.29. The molecular weight excluding hydrogens is 410 g/mol. The van der Waals surface area contributed by atoms with Crippen LogP contribution in [0.2, 0.25) is 5.15 Å². The summed E-state index contributed by atoms with van der Waals surface area (Å²) < 4.78 is 26.2. The minimum Gasteiger partial charge on any atom is -0.480 e. The first-order chi connectivity index (χ1) is 13.2. The van der Waals surface area contributed by atoms with Gasteiger partial charge in [-0.2, -0.15) is 4.31 Å². The Morgan fingerprint density at radius 1 is 1.36 bits per heavy atom. The maximum atomic E-state index is 12.6. The molecule has 28 heavy (non-hydrogen) atoms. The summed E-state index contributed by atoms with van der Waals surface area (Å²) >= 11 is 5.88. The Morgan fingerprint density at radius 3 is 2.71 bits per heavy atom. The number of halogens is 1. The number of nitrogens with zero attached hydrogens (tertiary/aromatic N) is 4. The normalized spacial score (nSPS) is 20.2. The first-order valence-electron chi connectivity index (χ1n) is 8.26. The zero-order valence-corrected chi connectivity index (χ0v) is 16.4. The van der Waals surface area contributed by atoms with Crippen LogP contribution in [0.5, 0.6) is 0 Å². The molecule has 1 aliphatic rings. The van der Waals surface area contributed by atoms with Gasteiger partial charge in [-0.1, -0.05) is 17.7 Å². The van der Waals surface area contributed by atoms with Crippen molar-refractivity contribution in [1.29, 1.82) is 0 Å².